The molecule has 0 unspecified atom stereocenters. The van der Waals surface area contributed by atoms with Gasteiger partial charge in [-0.2, -0.15) is 0 Å². The fraction of sp³-hybridized carbons (Fsp3) is 0.412. The number of hydrogen-bond acceptors (Lipinski definition) is 4. The standard InChI is InChI=1S/C17H20FN3OS/c1-11-19-13(10-23-11)4-2-7-16(22)21-17-14(18)5-3-6-15(17)20-12-8-9-12/h3,5-6,10,12,20H,2,4,7-9H2,1H3,(H,21,22). The highest BCUT2D eigenvalue weighted by Gasteiger charge is 2.23. The third-order valence-corrected chi connectivity index (χ3v) is 4.54. The first-order valence-electron chi connectivity index (χ1n) is 7.88. The third kappa shape index (κ3) is 4.51. The van der Waals surface area contributed by atoms with E-state index in [-0.39, 0.29) is 11.6 Å². The molecule has 1 aromatic heterocycles. The molecule has 0 bridgehead atoms. The van der Waals surface area contributed by atoms with E-state index in [0.29, 0.717) is 24.6 Å². The summed E-state index contributed by atoms with van der Waals surface area (Å²) in [6, 6.07) is 5.22. The number of amides is 1. The first-order valence-corrected chi connectivity index (χ1v) is 8.75. The number of hydrogen-bond donors (Lipinski definition) is 2. The van der Waals surface area contributed by atoms with Crippen LogP contribution >= 0.6 is 11.3 Å². The predicted molar refractivity (Wildman–Crippen MR) is 91.5 cm³/mol. The highest BCUT2D eigenvalue weighted by molar-refractivity contribution is 7.09. The van der Waals surface area contributed by atoms with Crippen LogP contribution in [-0.4, -0.2) is 16.9 Å². The average molecular weight is 333 g/mol. The maximum absolute atomic E-state index is 14.0. The number of nitrogens with zero attached hydrogens (tertiary/aromatic N) is 1. The van der Waals surface area contributed by atoms with Crippen molar-refractivity contribution in [2.24, 2.45) is 0 Å². The molecule has 0 atom stereocenters. The van der Waals surface area contributed by atoms with Crippen molar-refractivity contribution in [3.63, 3.8) is 0 Å². The minimum Gasteiger partial charge on any atom is -0.381 e. The van der Waals surface area contributed by atoms with E-state index in [0.717, 1.165) is 30.0 Å². The number of aromatic nitrogens is 1. The van der Waals surface area contributed by atoms with Gasteiger partial charge in [0.2, 0.25) is 5.91 Å². The number of thiazole rings is 1. The van der Waals surface area contributed by atoms with Gasteiger partial charge in [-0.25, -0.2) is 9.37 Å². The van der Waals surface area contributed by atoms with E-state index < -0.39 is 5.82 Å². The van der Waals surface area contributed by atoms with Gasteiger partial charge in [-0.3, -0.25) is 4.79 Å². The Balaban J connectivity index is 1.54. The average Bonchev–Trinajstić information content (AvgIpc) is 3.23. The fourth-order valence-corrected chi connectivity index (χ4v) is 3.02. The number of carbonyl (C=O) groups excluding carboxylic acids is 1. The summed E-state index contributed by atoms with van der Waals surface area (Å²) in [5, 5.41) is 9.01. The Morgan fingerprint density at radius 2 is 2.26 bits per heavy atom. The van der Waals surface area contributed by atoms with Gasteiger partial charge in [0.05, 0.1) is 16.4 Å². The van der Waals surface area contributed by atoms with Gasteiger partial charge in [-0.05, 0) is 44.7 Å². The Hall–Kier alpha value is -1.95. The van der Waals surface area contributed by atoms with Crippen LogP contribution in [0.5, 0.6) is 0 Å². The lowest BCUT2D eigenvalue weighted by Gasteiger charge is -2.13. The maximum Gasteiger partial charge on any atom is 0.224 e. The van der Waals surface area contributed by atoms with Gasteiger partial charge >= 0.3 is 0 Å². The van der Waals surface area contributed by atoms with E-state index in [1.54, 1.807) is 23.5 Å². The van der Waals surface area contributed by atoms with Crippen molar-refractivity contribution in [2.75, 3.05) is 10.6 Å². The lowest BCUT2D eigenvalue weighted by atomic mass is 10.2. The highest BCUT2D eigenvalue weighted by atomic mass is 32.1. The molecule has 1 saturated carbocycles. The Kier molecular flexibility index (Phi) is 4.91. The van der Waals surface area contributed by atoms with Crippen molar-refractivity contribution in [1.29, 1.82) is 0 Å². The van der Waals surface area contributed by atoms with Crippen LogP contribution in [-0.2, 0) is 11.2 Å². The molecule has 2 N–H and O–H groups in total. The normalized spacial score (nSPS) is 13.8. The molecule has 0 spiro atoms. The SMILES string of the molecule is Cc1nc(CCCC(=O)Nc2c(F)cccc2NC2CC2)cs1. The van der Waals surface area contributed by atoms with Crippen LogP contribution in [0, 0.1) is 12.7 Å². The van der Waals surface area contributed by atoms with E-state index in [4.69, 9.17) is 0 Å². The largest absolute Gasteiger partial charge is 0.381 e. The summed E-state index contributed by atoms with van der Waals surface area (Å²) < 4.78 is 14.0. The van der Waals surface area contributed by atoms with E-state index in [1.807, 2.05) is 12.3 Å². The van der Waals surface area contributed by atoms with Crippen LogP contribution < -0.4 is 10.6 Å². The van der Waals surface area contributed by atoms with Crippen molar-refractivity contribution >= 4 is 28.6 Å². The molecule has 1 heterocycles. The molecule has 0 radical (unpaired) electrons. The highest BCUT2D eigenvalue weighted by Crippen LogP contribution is 2.31. The molecule has 4 nitrogen and oxygen atoms in total. The topological polar surface area (TPSA) is 54.0 Å². The van der Waals surface area contributed by atoms with E-state index >= 15 is 0 Å². The summed E-state index contributed by atoms with van der Waals surface area (Å²) in [5.74, 6) is -0.569. The minimum absolute atomic E-state index is 0.166. The van der Waals surface area contributed by atoms with Crippen LogP contribution in [0.3, 0.4) is 0 Å². The molecular weight excluding hydrogens is 313 g/mol. The van der Waals surface area contributed by atoms with Gasteiger partial charge in [-0.15, -0.1) is 11.3 Å². The predicted octanol–water partition coefficient (Wildman–Crippen LogP) is 4.13. The summed E-state index contributed by atoms with van der Waals surface area (Å²) in [7, 11) is 0. The second-order valence-electron chi connectivity index (χ2n) is 5.84. The van der Waals surface area contributed by atoms with Gasteiger partial charge in [0.25, 0.3) is 0 Å². The van der Waals surface area contributed by atoms with Gasteiger partial charge in [0, 0.05) is 17.8 Å². The van der Waals surface area contributed by atoms with Crippen LogP contribution in [0.15, 0.2) is 23.6 Å². The quantitative estimate of drug-likeness (QED) is 0.801. The summed E-state index contributed by atoms with van der Waals surface area (Å²) in [6.07, 6.45) is 4.01. The molecule has 1 fully saturated rings. The van der Waals surface area contributed by atoms with Crippen molar-refractivity contribution < 1.29 is 9.18 Å². The Morgan fingerprint density at radius 3 is 2.96 bits per heavy atom. The second-order valence-corrected chi connectivity index (χ2v) is 6.90. The van der Waals surface area contributed by atoms with Gasteiger partial charge in [0.15, 0.2) is 0 Å². The fourth-order valence-electron chi connectivity index (χ4n) is 2.37. The molecule has 3 rings (SSSR count). The molecule has 0 aliphatic heterocycles. The lowest BCUT2D eigenvalue weighted by molar-refractivity contribution is -0.116. The van der Waals surface area contributed by atoms with Crippen LogP contribution in [0.25, 0.3) is 0 Å². The zero-order chi connectivity index (χ0) is 16.2. The zero-order valence-corrected chi connectivity index (χ0v) is 13.9. The minimum atomic E-state index is -0.404. The first-order chi connectivity index (χ1) is 11.1. The van der Waals surface area contributed by atoms with Gasteiger partial charge < -0.3 is 10.6 Å². The monoisotopic (exact) mass is 333 g/mol. The molecule has 1 aliphatic rings. The molecule has 122 valence electrons. The van der Waals surface area contributed by atoms with Crippen molar-refractivity contribution in [3.8, 4) is 0 Å². The number of nitrogens with one attached hydrogen (secondary N) is 2. The summed E-state index contributed by atoms with van der Waals surface area (Å²) in [4.78, 5) is 16.5. The summed E-state index contributed by atoms with van der Waals surface area (Å²) >= 11 is 1.61. The molecule has 1 aliphatic carbocycles. The second kappa shape index (κ2) is 7.08. The van der Waals surface area contributed by atoms with Crippen molar-refractivity contribution in [2.45, 2.75) is 45.1 Å². The van der Waals surface area contributed by atoms with Crippen LogP contribution in [0.4, 0.5) is 15.8 Å². The number of carbonyl (C=O) groups is 1. The molecular formula is C17H20FN3OS. The van der Waals surface area contributed by atoms with Crippen LogP contribution in [0.1, 0.15) is 36.4 Å². The molecule has 6 heteroatoms. The number of halogens is 1. The van der Waals surface area contributed by atoms with Gasteiger partial charge in [0.1, 0.15) is 11.5 Å². The number of benzene rings is 1. The van der Waals surface area contributed by atoms with E-state index in [1.165, 1.54) is 6.07 Å². The van der Waals surface area contributed by atoms with E-state index in [9.17, 15) is 9.18 Å². The number of para-hydroxylation sites is 1. The zero-order valence-electron chi connectivity index (χ0n) is 13.1. The van der Waals surface area contributed by atoms with Crippen LogP contribution in [0.2, 0.25) is 0 Å². The Morgan fingerprint density at radius 1 is 1.43 bits per heavy atom. The third-order valence-electron chi connectivity index (χ3n) is 3.72. The Labute approximate surface area is 139 Å². The van der Waals surface area contributed by atoms with Gasteiger partial charge in [-0.1, -0.05) is 6.07 Å². The molecule has 23 heavy (non-hydrogen) atoms. The van der Waals surface area contributed by atoms with Crippen molar-refractivity contribution in [1.82, 2.24) is 4.98 Å². The van der Waals surface area contributed by atoms with Crippen molar-refractivity contribution in [3.05, 3.63) is 40.1 Å². The number of rotatable bonds is 7. The molecule has 2 aromatic rings. The lowest BCUT2D eigenvalue weighted by Crippen LogP contribution is -2.15. The molecule has 0 saturated heterocycles. The number of anilines is 2. The first kappa shape index (κ1) is 15.9. The smallest absolute Gasteiger partial charge is 0.224 e. The maximum atomic E-state index is 14.0. The summed E-state index contributed by atoms with van der Waals surface area (Å²) in [6.45, 7) is 1.97. The Bertz CT molecular complexity index is 697. The van der Waals surface area contributed by atoms with E-state index in [2.05, 4.69) is 15.6 Å². The summed E-state index contributed by atoms with van der Waals surface area (Å²) in [5.41, 5.74) is 1.94. The molecule has 1 aromatic carbocycles. The molecule has 1 amide bonds. The number of aryl methyl sites for hydroxylation is 2.